The predicted octanol–water partition coefficient (Wildman–Crippen LogP) is 2.18. The summed E-state index contributed by atoms with van der Waals surface area (Å²) in [5.74, 6) is -1.98. The van der Waals surface area contributed by atoms with Crippen LogP contribution in [0.15, 0.2) is 54.6 Å². The lowest BCUT2D eigenvalue weighted by atomic mass is 10.00. The lowest BCUT2D eigenvalue weighted by Gasteiger charge is -2.41. The van der Waals surface area contributed by atoms with Crippen LogP contribution in [0.3, 0.4) is 0 Å². The highest BCUT2D eigenvalue weighted by molar-refractivity contribution is 5.95. The zero-order valence-electron chi connectivity index (χ0n) is 25.9. The van der Waals surface area contributed by atoms with Crippen LogP contribution in [0.2, 0.25) is 0 Å². The number of carbonyl (C=O) groups excluding carboxylic acids is 5. The van der Waals surface area contributed by atoms with E-state index in [1.807, 2.05) is 30.3 Å². The molecule has 4 amide bonds. The normalized spacial score (nSPS) is 16.5. The minimum Gasteiger partial charge on any atom is -0.508 e. The molecule has 0 spiro atoms. The molecule has 0 radical (unpaired) electrons. The van der Waals surface area contributed by atoms with Crippen LogP contribution in [0.4, 0.5) is 4.79 Å². The molecule has 0 aliphatic carbocycles. The van der Waals surface area contributed by atoms with Gasteiger partial charge in [-0.1, -0.05) is 42.5 Å². The van der Waals surface area contributed by atoms with E-state index < -0.39 is 53.5 Å². The minimum absolute atomic E-state index is 0.0519. The van der Waals surface area contributed by atoms with Gasteiger partial charge in [0.1, 0.15) is 36.0 Å². The molecule has 0 saturated carbocycles. The molecular weight excluding hydrogens is 568 g/mol. The zero-order valence-corrected chi connectivity index (χ0v) is 25.9. The van der Waals surface area contributed by atoms with Crippen LogP contribution in [0.1, 0.15) is 45.7 Å². The van der Waals surface area contributed by atoms with Gasteiger partial charge in [-0.2, -0.15) is 0 Å². The molecule has 1 aliphatic heterocycles. The van der Waals surface area contributed by atoms with Crippen molar-refractivity contribution in [3.05, 3.63) is 65.7 Å². The molecule has 0 unspecified atom stereocenters. The number of benzene rings is 2. The van der Waals surface area contributed by atoms with Gasteiger partial charge in [0.15, 0.2) is 0 Å². The second kappa shape index (κ2) is 15.2. The van der Waals surface area contributed by atoms with Gasteiger partial charge in [-0.25, -0.2) is 4.79 Å². The van der Waals surface area contributed by atoms with Crippen LogP contribution in [0.25, 0.3) is 0 Å². The molecular formula is C32H42N4O8. The number of carbonyl (C=O) groups is 5. The van der Waals surface area contributed by atoms with Crippen molar-refractivity contribution in [2.75, 3.05) is 26.2 Å². The van der Waals surface area contributed by atoms with Crippen molar-refractivity contribution in [3.8, 4) is 5.75 Å². The first-order valence-electron chi connectivity index (χ1n) is 14.6. The maximum Gasteiger partial charge on any atom is 0.408 e. The Morgan fingerprint density at radius 1 is 0.977 bits per heavy atom. The quantitative estimate of drug-likeness (QED) is 0.327. The fourth-order valence-corrected chi connectivity index (χ4v) is 4.81. The second-order valence-corrected chi connectivity index (χ2v) is 11.6. The molecule has 2 aromatic rings. The summed E-state index contributed by atoms with van der Waals surface area (Å²) in [5, 5.41) is 14.9. The minimum atomic E-state index is -1.10. The Kier molecular flexibility index (Phi) is 11.7. The number of nitrogens with one attached hydrogen (secondary N) is 2. The molecule has 44 heavy (non-hydrogen) atoms. The summed E-state index contributed by atoms with van der Waals surface area (Å²) in [4.78, 5) is 68.3. The van der Waals surface area contributed by atoms with Gasteiger partial charge in [0.25, 0.3) is 0 Å². The summed E-state index contributed by atoms with van der Waals surface area (Å²) in [6.07, 6.45) is -0.523. The van der Waals surface area contributed by atoms with E-state index >= 15 is 0 Å². The third-order valence-corrected chi connectivity index (χ3v) is 6.88. The Hall–Kier alpha value is -4.61. The van der Waals surface area contributed by atoms with Crippen LogP contribution in [0.5, 0.6) is 5.75 Å². The van der Waals surface area contributed by atoms with Gasteiger partial charge in [-0.15, -0.1) is 0 Å². The van der Waals surface area contributed by atoms with Crippen LogP contribution in [-0.4, -0.2) is 94.7 Å². The molecule has 3 rings (SSSR count). The van der Waals surface area contributed by atoms with Crippen molar-refractivity contribution >= 4 is 29.8 Å². The number of aromatic hydroxyl groups is 1. The van der Waals surface area contributed by atoms with Crippen LogP contribution in [0, 0.1) is 0 Å². The van der Waals surface area contributed by atoms with Crippen molar-refractivity contribution in [1.29, 1.82) is 0 Å². The average molecular weight is 611 g/mol. The highest BCUT2D eigenvalue weighted by Gasteiger charge is 2.40. The number of piperazine rings is 1. The topological polar surface area (TPSA) is 155 Å². The Morgan fingerprint density at radius 3 is 2.25 bits per heavy atom. The Labute approximate surface area is 257 Å². The highest BCUT2D eigenvalue weighted by Crippen LogP contribution is 2.19. The van der Waals surface area contributed by atoms with Crippen molar-refractivity contribution < 1.29 is 38.6 Å². The first-order valence-corrected chi connectivity index (χ1v) is 14.6. The molecule has 238 valence electrons. The molecule has 1 saturated heterocycles. The third kappa shape index (κ3) is 9.99. The van der Waals surface area contributed by atoms with Crippen molar-refractivity contribution in [2.24, 2.45) is 0 Å². The summed E-state index contributed by atoms with van der Waals surface area (Å²) in [6, 6.07) is 12.3. The number of hydrogen-bond donors (Lipinski definition) is 3. The summed E-state index contributed by atoms with van der Waals surface area (Å²) < 4.78 is 10.4. The molecule has 0 bridgehead atoms. The van der Waals surface area contributed by atoms with E-state index in [1.54, 1.807) is 39.8 Å². The van der Waals surface area contributed by atoms with E-state index in [0.29, 0.717) is 5.56 Å². The Bertz CT molecular complexity index is 1310. The fraction of sp³-hybridized carbons (Fsp3) is 0.469. The number of phenolic OH excluding ortho intramolecular Hbond substituents is 1. The lowest BCUT2D eigenvalue weighted by Crippen LogP contribution is -2.63. The van der Waals surface area contributed by atoms with Gasteiger partial charge < -0.3 is 35.0 Å². The first-order chi connectivity index (χ1) is 20.8. The van der Waals surface area contributed by atoms with E-state index in [4.69, 9.17) is 9.47 Å². The Balaban J connectivity index is 1.78. The molecule has 1 aliphatic rings. The van der Waals surface area contributed by atoms with Gasteiger partial charge in [0.05, 0.1) is 6.61 Å². The van der Waals surface area contributed by atoms with Gasteiger partial charge >= 0.3 is 12.1 Å². The summed E-state index contributed by atoms with van der Waals surface area (Å²) in [6.45, 7) is 8.52. The smallest absolute Gasteiger partial charge is 0.408 e. The average Bonchev–Trinajstić information content (AvgIpc) is 2.95. The highest BCUT2D eigenvalue weighted by atomic mass is 16.6. The number of amides is 4. The molecule has 3 N–H and O–H groups in total. The number of rotatable bonds is 11. The first kappa shape index (κ1) is 33.9. The molecule has 1 fully saturated rings. The number of phenols is 1. The number of alkyl carbamates (subject to hydrolysis) is 1. The van der Waals surface area contributed by atoms with Crippen molar-refractivity contribution in [2.45, 2.75) is 71.2 Å². The fourth-order valence-electron chi connectivity index (χ4n) is 4.81. The number of esters is 1. The van der Waals surface area contributed by atoms with E-state index in [9.17, 15) is 29.1 Å². The maximum absolute atomic E-state index is 13.7. The SMILES string of the molecule is CCOC(=O)CN1CCN(C(=O)[C@@H](C)NC(=O)[C@H](Cc2ccc(O)cc2)NC(=O)OC(C)(C)C)[C@H](Cc2ccccc2)C1=O. The zero-order chi connectivity index (χ0) is 32.4. The van der Waals surface area contributed by atoms with Crippen LogP contribution >= 0.6 is 0 Å². The maximum atomic E-state index is 13.7. The van der Waals surface area contributed by atoms with Gasteiger partial charge in [0.2, 0.25) is 17.7 Å². The number of nitrogens with zero attached hydrogens (tertiary/aromatic N) is 2. The summed E-state index contributed by atoms with van der Waals surface area (Å²) in [5.41, 5.74) is 0.681. The molecule has 3 atom stereocenters. The van der Waals surface area contributed by atoms with E-state index in [-0.39, 0.29) is 44.8 Å². The van der Waals surface area contributed by atoms with Gasteiger partial charge in [-0.05, 0) is 57.9 Å². The second-order valence-electron chi connectivity index (χ2n) is 11.6. The monoisotopic (exact) mass is 610 g/mol. The van der Waals surface area contributed by atoms with E-state index in [1.165, 1.54) is 28.9 Å². The van der Waals surface area contributed by atoms with Crippen LogP contribution < -0.4 is 10.6 Å². The Morgan fingerprint density at radius 2 is 1.64 bits per heavy atom. The van der Waals surface area contributed by atoms with E-state index in [2.05, 4.69) is 10.6 Å². The predicted molar refractivity (Wildman–Crippen MR) is 161 cm³/mol. The lowest BCUT2D eigenvalue weighted by molar-refractivity contribution is -0.157. The third-order valence-electron chi connectivity index (χ3n) is 6.88. The largest absolute Gasteiger partial charge is 0.508 e. The summed E-state index contributed by atoms with van der Waals surface area (Å²) in [7, 11) is 0. The van der Waals surface area contributed by atoms with E-state index in [0.717, 1.165) is 5.56 Å². The number of ether oxygens (including phenoxy) is 2. The van der Waals surface area contributed by atoms with Gasteiger partial charge in [-0.3, -0.25) is 19.2 Å². The van der Waals surface area contributed by atoms with Crippen molar-refractivity contribution in [3.63, 3.8) is 0 Å². The summed E-state index contributed by atoms with van der Waals surface area (Å²) >= 11 is 0. The molecule has 1 heterocycles. The standard InChI is InChI=1S/C32H42N4O8/c1-6-43-27(38)20-35-16-17-36(26(30(35)41)19-22-10-8-7-9-11-22)29(40)21(2)33-28(39)25(34-31(42)44-32(3,4)5)18-23-12-14-24(37)15-13-23/h7-15,21,25-26,37H,6,16-20H2,1-5H3,(H,33,39)(H,34,42)/t21-,25+,26-/m1/s1. The molecule has 0 aromatic heterocycles. The molecule has 12 heteroatoms. The number of hydrogen-bond acceptors (Lipinski definition) is 8. The molecule has 2 aromatic carbocycles. The van der Waals surface area contributed by atoms with Crippen molar-refractivity contribution in [1.82, 2.24) is 20.4 Å². The van der Waals surface area contributed by atoms with Crippen LogP contribution in [-0.2, 0) is 41.5 Å². The van der Waals surface area contributed by atoms with Gasteiger partial charge in [0, 0.05) is 25.9 Å². The molecule has 12 nitrogen and oxygen atoms in total.